The van der Waals surface area contributed by atoms with Crippen LogP contribution in [-0.2, 0) is 6.42 Å². The van der Waals surface area contributed by atoms with Gasteiger partial charge in [-0.2, -0.15) is 0 Å². The Morgan fingerprint density at radius 2 is 2.05 bits per heavy atom. The van der Waals surface area contributed by atoms with Gasteiger partial charge in [0, 0.05) is 5.56 Å². The van der Waals surface area contributed by atoms with Crippen LogP contribution in [0.25, 0.3) is 11.4 Å². The highest BCUT2D eigenvalue weighted by Gasteiger charge is 2.11. The number of hydrogen-bond acceptors (Lipinski definition) is 4. The van der Waals surface area contributed by atoms with Crippen LogP contribution >= 0.6 is 22.6 Å². The van der Waals surface area contributed by atoms with Crippen LogP contribution in [0.2, 0.25) is 0 Å². The summed E-state index contributed by atoms with van der Waals surface area (Å²) in [5.41, 5.74) is 1.11. The topological polar surface area (TPSA) is 86.2 Å². The lowest BCUT2D eigenvalue weighted by atomic mass is 10.1. The van der Waals surface area contributed by atoms with E-state index in [1.165, 1.54) is 12.1 Å². The lowest BCUT2D eigenvalue weighted by Crippen LogP contribution is -2.16. The number of phenolic OH excluding ortho intramolecular Hbond substituents is 2. The summed E-state index contributed by atoms with van der Waals surface area (Å²) < 4.78 is 0.589. The first-order valence-electron chi connectivity index (χ1n) is 5.84. The molecule has 0 aliphatic heterocycles. The molecule has 2 rings (SSSR count). The summed E-state index contributed by atoms with van der Waals surface area (Å²) >= 11 is 1.98. The van der Waals surface area contributed by atoms with E-state index in [2.05, 4.69) is 9.97 Å². The molecule has 0 atom stereocenters. The Hall–Kier alpha value is -1.57. The first kappa shape index (κ1) is 13.9. The van der Waals surface area contributed by atoms with Gasteiger partial charge in [-0.25, -0.2) is 4.98 Å². The molecule has 0 amide bonds. The van der Waals surface area contributed by atoms with Gasteiger partial charge in [0.05, 0.1) is 9.26 Å². The van der Waals surface area contributed by atoms with Gasteiger partial charge >= 0.3 is 0 Å². The van der Waals surface area contributed by atoms with E-state index in [9.17, 15) is 15.0 Å². The van der Waals surface area contributed by atoms with Crippen LogP contribution in [0.1, 0.15) is 19.0 Å². The molecule has 2 aromatic rings. The van der Waals surface area contributed by atoms with E-state index < -0.39 is 0 Å². The molecular formula is C13H13IN2O3. The van der Waals surface area contributed by atoms with Crippen LogP contribution in [0.4, 0.5) is 0 Å². The Kier molecular flexibility index (Phi) is 4.08. The predicted octanol–water partition coefficient (Wildman–Crippen LogP) is 2.41. The fourth-order valence-corrected chi connectivity index (χ4v) is 2.24. The van der Waals surface area contributed by atoms with E-state index in [1.54, 1.807) is 6.07 Å². The first-order chi connectivity index (χ1) is 9.02. The number of aromatic amines is 1. The summed E-state index contributed by atoms with van der Waals surface area (Å²) in [6, 6.07) is 4.33. The molecule has 0 spiro atoms. The van der Waals surface area contributed by atoms with Crippen LogP contribution in [0.5, 0.6) is 11.5 Å². The van der Waals surface area contributed by atoms with Crippen LogP contribution < -0.4 is 5.56 Å². The van der Waals surface area contributed by atoms with Gasteiger partial charge in [-0.3, -0.25) is 4.79 Å². The van der Waals surface area contributed by atoms with Crippen LogP contribution in [0.15, 0.2) is 23.0 Å². The second-order valence-electron chi connectivity index (χ2n) is 4.13. The fraction of sp³-hybridized carbons (Fsp3) is 0.231. The second-order valence-corrected chi connectivity index (χ2v) is 5.21. The summed E-state index contributed by atoms with van der Waals surface area (Å²) in [7, 11) is 0. The maximum absolute atomic E-state index is 11.8. The van der Waals surface area contributed by atoms with Gasteiger partial charge in [0.15, 0.2) is 11.5 Å². The van der Waals surface area contributed by atoms with Gasteiger partial charge in [-0.05, 0) is 47.2 Å². The molecule has 100 valence electrons. The normalized spacial score (nSPS) is 10.6. The van der Waals surface area contributed by atoms with Gasteiger partial charge in [0.2, 0.25) is 0 Å². The van der Waals surface area contributed by atoms with Gasteiger partial charge in [0.25, 0.3) is 5.56 Å². The van der Waals surface area contributed by atoms with Gasteiger partial charge in [0.1, 0.15) is 5.82 Å². The smallest absolute Gasteiger partial charge is 0.264 e. The second kappa shape index (κ2) is 5.60. The minimum Gasteiger partial charge on any atom is -0.504 e. The van der Waals surface area contributed by atoms with Crippen molar-refractivity contribution in [1.29, 1.82) is 0 Å². The van der Waals surface area contributed by atoms with Gasteiger partial charge < -0.3 is 15.2 Å². The fourth-order valence-electron chi connectivity index (χ4n) is 1.72. The van der Waals surface area contributed by atoms with Crippen molar-refractivity contribution in [2.45, 2.75) is 19.8 Å². The van der Waals surface area contributed by atoms with Crippen molar-refractivity contribution < 1.29 is 10.2 Å². The number of nitrogens with zero attached hydrogens (tertiary/aromatic N) is 1. The van der Waals surface area contributed by atoms with Crippen molar-refractivity contribution in [3.05, 3.63) is 37.8 Å². The lowest BCUT2D eigenvalue weighted by Gasteiger charge is -2.07. The van der Waals surface area contributed by atoms with Crippen LogP contribution in [-0.4, -0.2) is 20.2 Å². The van der Waals surface area contributed by atoms with Gasteiger partial charge in [-0.15, -0.1) is 0 Å². The van der Waals surface area contributed by atoms with E-state index in [1.807, 2.05) is 29.5 Å². The number of nitrogens with one attached hydrogen (secondary N) is 1. The van der Waals surface area contributed by atoms with Crippen molar-refractivity contribution in [1.82, 2.24) is 9.97 Å². The molecule has 3 N–H and O–H groups in total. The van der Waals surface area contributed by atoms with E-state index in [0.29, 0.717) is 15.0 Å². The van der Waals surface area contributed by atoms with Crippen molar-refractivity contribution in [3.63, 3.8) is 0 Å². The number of rotatable bonds is 3. The van der Waals surface area contributed by atoms with Crippen molar-refractivity contribution in [3.8, 4) is 22.9 Å². The molecule has 19 heavy (non-hydrogen) atoms. The van der Waals surface area contributed by atoms with Crippen molar-refractivity contribution in [2.24, 2.45) is 0 Å². The molecule has 6 heteroatoms. The summed E-state index contributed by atoms with van der Waals surface area (Å²) in [6.45, 7) is 2.02. The Bertz CT molecular complexity index is 667. The third-order valence-electron chi connectivity index (χ3n) is 2.67. The zero-order valence-corrected chi connectivity index (χ0v) is 12.4. The maximum Gasteiger partial charge on any atom is 0.264 e. The lowest BCUT2D eigenvalue weighted by molar-refractivity contribution is 0.404. The first-order valence-corrected chi connectivity index (χ1v) is 6.91. The quantitative estimate of drug-likeness (QED) is 0.571. The minimum absolute atomic E-state index is 0.193. The molecule has 0 fully saturated rings. The molecule has 1 heterocycles. The molecule has 0 saturated carbocycles. The number of benzene rings is 1. The summed E-state index contributed by atoms with van der Waals surface area (Å²) in [4.78, 5) is 18.9. The zero-order valence-electron chi connectivity index (χ0n) is 10.3. The van der Waals surface area contributed by atoms with Crippen molar-refractivity contribution >= 4 is 22.6 Å². The number of H-pyrrole nitrogens is 1. The standard InChI is InChI=1S/C13H13IN2O3/c1-2-3-8-11(14)13(19)16-12(15-8)7-4-5-9(17)10(18)6-7/h4-6,17-18H,2-3H2,1H3,(H,15,16,19). The average Bonchev–Trinajstić information content (AvgIpc) is 2.38. The molecule has 0 radical (unpaired) electrons. The largest absolute Gasteiger partial charge is 0.504 e. The summed E-state index contributed by atoms with van der Waals surface area (Å²) in [5, 5.41) is 18.8. The molecule has 0 bridgehead atoms. The van der Waals surface area contributed by atoms with E-state index in [4.69, 9.17) is 0 Å². The molecule has 0 aliphatic carbocycles. The van der Waals surface area contributed by atoms with Crippen molar-refractivity contribution in [2.75, 3.05) is 0 Å². The van der Waals surface area contributed by atoms with E-state index in [-0.39, 0.29) is 17.1 Å². The SMILES string of the molecule is CCCc1nc(-c2ccc(O)c(O)c2)[nH]c(=O)c1I. The average molecular weight is 372 g/mol. The van der Waals surface area contributed by atoms with E-state index >= 15 is 0 Å². The Balaban J connectivity index is 2.56. The molecule has 0 unspecified atom stereocenters. The predicted molar refractivity (Wildman–Crippen MR) is 80.3 cm³/mol. The Morgan fingerprint density at radius 1 is 1.32 bits per heavy atom. The van der Waals surface area contributed by atoms with Gasteiger partial charge in [-0.1, -0.05) is 13.3 Å². The number of phenols is 2. The molecule has 1 aromatic heterocycles. The third kappa shape index (κ3) is 2.89. The highest BCUT2D eigenvalue weighted by Crippen LogP contribution is 2.28. The van der Waals surface area contributed by atoms with Crippen LogP contribution in [0.3, 0.4) is 0 Å². The molecular weight excluding hydrogens is 359 g/mol. The Labute approximate surface area is 123 Å². The minimum atomic E-state index is -0.240. The summed E-state index contributed by atoms with van der Waals surface area (Å²) in [6.07, 6.45) is 1.62. The number of aromatic hydroxyl groups is 2. The molecule has 0 saturated heterocycles. The number of hydrogen-bond donors (Lipinski definition) is 3. The maximum atomic E-state index is 11.8. The molecule has 0 aliphatic rings. The summed E-state index contributed by atoms with van der Waals surface area (Å²) in [5.74, 6) is -0.0507. The highest BCUT2D eigenvalue weighted by atomic mass is 127. The number of halogens is 1. The monoisotopic (exact) mass is 372 g/mol. The number of aryl methyl sites for hydroxylation is 1. The zero-order chi connectivity index (χ0) is 14.0. The highest BCUT2D eigenvalue weighted by molar-refractivity contribution is 14.1. The molecule has 5 nitrogen and oxygen atoms in total. The van der Waals surface area contributed by atoms with Crippen LogP contribution in [0, 0.1) is 3.57 Å². The Morgan fingerprint density at radius 3 is 2.68 bits per heavy atom. The molecule has 1 aromatic carbocycles. The van der Waals surface area contributed by atoms with E-state index in [0.717, 1.165) is 18.5 Å². The number of aromatic nitrogens is 2. The third-order valence-corrected chi connectivity index (χ3v) is 3.78.